The average molecular weight is 526 g/mol. The molecule has 2 amide bonds. The van der Waals surface area contributed by atoms with Crippen LogP contribution in [0.3, 0.4) is 0 Å². The minimum Gasteiger partial charge on any atom is -0.369 e. The van der Waals surface area contributed by atoms with Crippen molar-refractivity contribution in [2.75, 3.05) is 49.5 Å². The first-order chi connectivity index (χ1) is 19.0. The maximum absolute atomic E-state index is 13.2. The van der Waals surface area contributed by atoms with Gasteiger partial charge in [0.25, 0.3) is 5.91 Å². The summed E-state index contributed by atoms with van der Waals surface area (Å²) in [5, 5.41) is 5.89. The summed E-state index contributed by atoms with van der Waals surface area (Å²) in [5.41, 5.74) is 5.30. The van der Waals surface area contributed by atoms with Crippen molar-refractivity contribution in [3.63, 3.8) is 0 Å². The number of rotatable bonds is 6. The normalized spacial score (nSPS) is 15.5. The van der Waals surface area contributed by atoms with Gasteiger partial charge < -0.3 is 20.5 Å². The van der Waals surface area contributed by atoms with Crippen LogP contribution in [0, 0.1) is 5.82 Å². The van der Waals surface area contributed by atoms with Crippen LogP contribution in [0.1, 0.15) is 16.1 Å². The van der Waals surface area contributed by atoms with Crippen molar-refractivity contribution < 1.29 is 14.0 Å². The molecule has 4 heterocycles. The van der Waals surface area contributed by atoms with Gasteiger partial charge in [-0.1, -0.05) is 12.1 Å². The monoisotopic (exact) mass is 525 g/mol. The molecule has 9 nitrogen and oxygen atoms in total. The van der Waals surface area contributed by atoms with E-state index in [0.29, 0.717) is 34.9 Å². The molecular weight excluding hydrogens is 497 g/mol. The van der Waals surface area contributed by atoms with E-state index in [1.807, 2.05) is 30.3 Å². The van der Waals surface area contributed by atoms with E-state index in [-0.39, 0.29) is 24.2 Å². The summed E-state index contributed by atoms with van der Waals surface area (Å²) < 4.78 is 13.2. The van der Waals surface area contributed by atoms with Crippen molar-refractivity contribution in [2.24, 2.45) is 0 Å². The number of carbonyl (C=O) groups excluding carboxylic acids is 2. The first kappa shape index (κ1) is 24.7. The average Bonchev–Trinajstić information content (AvgIpc) is 3.40. The third-order valence-corrected chi connectivity index (χ3v) is 7.11. The summed E-state index contributed by atoms with van der Waals surface area (Å²) in [7, 11) is 0. The molecule has 2 aromatic carbocycles. The Morgan fingerprint density at radius 3 is 2.59 bits per heavy atom. The number of halogens is 1. The molecular formula is C29H28FN7O2. The lowest BCUT2D eigenvalue weighted by molar-refractivity contribution is -0.117. The third-order valence-electron chi connectivity index (χ3n) is 7.11. The summed E-state index contributed by atoms with van der Waals surface area (Å²) >= 11 is 0. The molecule has 39 heavy (non-hydrogen) atoms. The van der Waals surface area contributed by atoms with Crippen LogP contribution in [-0.4, -0.2) is 70.9 Å². The number of fused-ring (bicyclic) bond motifs is 1. The van der Waals surface area contributed by atoms with Crippen molar-refractivity contribution in [1.82, 2.24) is 25.2 Å². The van der Waals surface area contributed by atoms with Crippen LogP contribution in [0.2, 0.25) is 0 Å². The van der Waals surface area contributed by atoms with Crippen LogP contribution in [0.5, 0.6) is 0 Å². The van der Waals surface area contributed by atoms with Crippen LogP contribution in [-0.2, 0) is 11.2 Å². The Morgan fingerprint density at radius 1 is 1.00 bits per heavy atom. The molecule has 3 N–H and O–H groups in total. The Kier molecular flexibility index (Phi) is 6.76. The minimum absolute atomic E-state index is 0.0852. The number of aromatic amines is 1. The molecule has 2 aromatic heterocycles. The van der Waals surface area contributed by atoms with Gasteiger partial charge in [-0.25, -0.2) is 14.4 Å². The van der Waals surface area contributed by atoms with Crippen LogP contribution in [0.4, 0.5) is 15.8 Å². The maximum atomic E-state index is 13.2. The maximum Gasteiger partial charge on any atom is 0.253 e. The molecule has 0 bridgehead atoms. The molecule has 1 fully saturated rings. The fourth-order valence-electron chi connectivity index (χ4n) is 5.07. The van der Waals surface area contributed by atoms with E-state index in [9.17, 15) is 14.0 Å². The quantitative estimate of drug-likeness (QED) is 0.357. The van der Waals surface area contributed by atoms with E-state index in [2.05, 4.69) is 30.4 Å². The van der Waals surface area contributed by atoms with Crippen molar-refractivity contribution in [3.05, 3.63) is 83.9 Å². The Hall–Kier alpha value is -4.57. The Morgan fingerprint density at radius 2 is 1.79 bits per heavy atom. The van der Waals surface area contributed by atoms with E-state index < -0.39 is 0 Å². The molecule has 0 atom stereocenters. The van der Waals surface area contributed by atoms with Gasteiger partial charge in [0.2, 0.25) is 5.91 Å². The van der Waals surface area contributed by atoms with Gasteiger partial charge in [-0.15, -0.1) is 0 Å². The fourth-order valence-corrected chi connectivity index (χ4v) is 5.07. The fraction of sp³-hybridized carbons (Fsp3) is 0.241. The second-order valence-corrected chi connectivity index (χ2v) is 9.68. The van der Waals surface area contributed by atoms with E-state index in [1.165, 1.54) is 12.1 Å². The predicted molar refractivity (Wildman–Crippen MR) is 147 cm³/mol. The molecule has 6 rings (SSSR count). The molecule has 0 radical (unpaired) electrons. The number of amides is 2. The zero-order valence-electron chi connectivity index (χ0n) is 21.3. The lowest BCUT2D eigenvalue weighted by Crippen LogP contribution is -2.48. The summed E-state index contributed by atoms with van der Waals surface area (Å²) in [5.74, 6) is 0.0340. The Balaban J connectivity index is 1.13. The standard InChI is InChI=1S/C29H28FN7O2/c30-19-5-7-20(8-6-19)37-15-13-36(14-16-37)18-27(38)34-23-4-2-1-3-21(23)28-31-11-10-25(35-28)26-17-22-24(33-26)9-12-32-29(22)39/h1-8,10-11,17,33H,9,12-16,18H2,(H,32,39)(H,34,38). The molecule has 0 aliphatic carbocycles. The molecule has 2 aliphatic heterocycles. The van der Waals surface area contributed by atoms with Crippen LogP contribution in [0.15, 0.2) is 66.9 Å². The lowest BCUT2D eigenvalue weighted by atomic mass is 10.1. The smallest absolute Gasteiger partial charge is 0.253 e. The van der Waals surface area contributed by atoms with Gasteiger partial charge in [0.15, 0.2) is 5.82 Å². The second-order valence-electron chi connectivity index (χ2n) is 9.68. The van der Waals surface area contributed by atoms with Gasteiger partial charge >= 0.3 is 0 Å². The third kappa shape index (κ3) is 5.37. The number of nitrogens with zero attached hydrogens (tertiary/aromatic N) is 4. The van der Waals surface area contributed by atoms with E-state index in [1.54, 1.807) is 24.4 Å². The van der Waals surface area contributed by atoms with Gasteiger partial charge in [0, 0.05) is 62.3 Å². The van der Waals surface area contributed by atoms with Gasteiger partial charge in [-0.3, -0.25) is 14.5 Å². The van der Waals surface area contributed by atoms with Gasteiger partial charge in [-0.05, 0) is 48.5 Å². The largest absolute Gasteiger partial charge is 0.369 e. The van der Waals surface area contributed by atoms with Crippen molar-refractivity contribution in [2.45, 2.75) is 6.42 Å². The van der Waals surface area contributed by atoms with Crippen molar-refractivity contribution in [1.29, 1.82) is 0 Å². The molecule has 2 aliphatic rings. The number of piperazine rings is 1. The first-order valence-electron chi connectivity index (χ1n) is 13.0. The number of carbonyl (C=O) groups is 2. The summed E-state index contributed by atoms with van der Waals surface area (Å²) in [4.78, 5) is 42.0. The topological polar surface area (TPSA) is 106 Å². The summed E-state index contributed by atoms with van der Waals surface area (Å²) in [6.07, 6.45) is 2.42. The molecule has 0 saturated carbocycles. The number of H-pyrrole nitrogens is 1. The number of nitrogens with one attached hydrogen (secondary N) is 3. The molecule has 10 heteroatoms. The highest BCUT2D eigenvalue weighted by atomic mass is 19.1. The van der Waals surface area contributed by atoms with Gasteiger partial charge in [0.1, 0.15) is 5.82 Å². The van der Waals surface area contributed by atoms with Crippen LogP contribution < -0.4 is 15.5 Å². The number of para-hydroxylation sites is 1. The van der Waals surface area contributed by atoms with Crippen LogP contribution >= 0.6 is 0 Å². The van der Waals surface area contributed by atoms with Crippen molar-refractivity contribution >= 4 is 23.2 Å². The first-order valence-corrected chi connectivity index (χ1v) is 13.0. The summed E-state index contributed by atoms with van der Waals surface area (Å²) in [6.45, 7) is 3.87. The molecule has 1 saturated heterocycles. The molecule has 0 spiro atoms. The molecule has 198 valence electrons. The van der Waals surface area contributed by atoms with Crippen LogP contribution in [0.25, 0.3) is 22.8 Å². The minimum atomic E-state index is -0.247. The Bertz CT molecular complexity index is 1510. The summed E-state index contributed by atoms with van der Waals surface area (Å²) in [6, 6.07) is 17.6. The lowest BCUT2D eigenvalue weighted by Gasteiger charge is -2.35. The number of anilines is 2. The molecule has 0 unspecified atom stereocenters. The highest BCUT2D eigenvalue weighted by Gasteiger charge is 2.22. The van der Waals surface area contributed by atoms with E-state index in [4.69, 9.17) is 4.98 Å². The number of hydrogen-bond acceptors (Lipinski definition) is 6. The van der Waals surface area contributed by atoms with Gasteiger partial charge in [-0.2, -0.15) is 0 Å². The van der Waals surface area contributed by atoms with Gasteiger partial charge in [0.05, 0.1) is 29.2 Å². The highest BCUT2D eigenvalue weighted by molar-refractivity contribution is 5.98. The Labute approximate surface area is 225 Å². The predicted octanol–water partition coefficient (Wildman–Crippen LogP) is 3.32. The van der Waals surface area contributed by atoms with Crippen molar-refractivity contribution in [3.8, 4) is 22.8 Å². The number of aromatic nitrogens is 3. The SMILES string of the molecule is O=C(CN1CCN(c2ccc(F)cc2)CC1)Nc1ccccc1-c1nccc(-c2cc3c([nH]2)CCNC3=O)n1. The number of benzene rings is 2. The molecule has 4 aromatic rings. The highest BCUT2D eigenvalue weighted by Crippen LogP contribution is 2.28. The number of hydrogen-bond donors (Lipinski definition) is 3. The zero-order valence-corrected chi connectivity index (χ0v) is 21.3. The van der Waals surface area contributed by atoms with E-state index >= 15 is 0 Å². The van der Waals surface area contributed by atoms with E-state index in [0.717, 1.165) is 49.7 Å². The zero-order chi connectivity index (χ0) is 26.8. The second kappa shape index (κ2) is 10.7.